The van der Waals surface area contributed by atoms with Gasteiger partial charge in [0, 0.05) is 18.8 Å². The number of anilines is 1. The van der Waals surface area contributed by atoms with Crippen LogP contribution in [0, 0.1) is 6.92 Å². The van der Waals surface area contributed by atoms with Crippen LogP contribution in [0.2, 0.25) is 0 Å². The second-order valence-electron chi connectivity index (χ2n) is 6.63. The van der Waals surface area contributed by atoms with Crippen molar-refractivity contribution in [2.45, 2.75) is 20.3 Å². The van der Waals surface area contributed by atoms with E-state index in [2.05, 4.69) is 23.2 Å². The van der Waals surface area contributed by atoms with Crippen molar-refractivity contribution in [3.05, 3.63) is 59.7 Å². The molecule has 148 valence electrons. The molecule has 0 spiro atoms. The van der Waals surface area contributed by atoms with Gasteiger partial charge in [0.15, 0.2) is 5.17 Å². The number of carbonyl (C=O) groups excluding carboxylic acids is 1. The number of thioether (sulfide) groups is 1. The summed E-state index contributed by atoms with van der Waals surface area (Å²) in [6.07, 6.45) is 0.888. The number of hydrogen-bond donors (Lipinski definition) is 1. The van der Waals surface area contributed by atoms with Crippen molar-refractivity contribution in [3.63, 3.8) is 0 Å². The summed E-state index contributed by atoms with van der Waals surface area (Å²) in [5.74, 6) is 0.309. The number of benzene rings is 2. The van der Waals surface area contributed by atoms with Gasteiger partial charge in [-0.15, -0.1) is 0 Å². The van der Waals surface area contributed by atoms with E-state index in [1.165, 1.54) is 11.8 Å². The molecule has 1 aliphatic rings. The molecule has 1 aliphatic heterocycles. The van der Waals surface area contributed by atoms with Gasteiger partial charge in [-0.25, -0.2) is 4.99 Å². The molecule has 6 heteroatoms. The zero-order valence-electron chi connectivity index (χ0n) is 16.5. The Hall–Kier alpha value is -2.31. The number of aryl methyl sites for hydroxylation is 2. The Morgan fingerprint density at radius 3 is 2.61 bits per heavy atom. The summed E-state index contributed by atoms with van der Waals surface area (Å²) < 4.78 is 5.46. The van der Waals surface area contributed by atoms with Crippen LogP contribution < -0.4 is 5.32 Å². The zero-order valence-corrected chi connectivity index (χ0v) is 17.3. The second kappa shape index (κ2) is 10.3. The Morgan fingerprint density at radius 2 is 1.89 bits per heavy atom. The first-order valence-electron chi connectivity index (χ1n) is 9.65. The third-order valence-corrected chi connectivity index (χ3v) is 5.61. The van der Waals surface area contributed by atoms with Gasteiger partial charge in [0.2, 0.25) is 5.91 Å². The first-order valence-corrected chi connectivity index (χ1v) is 10.6. The first-order chi connectivity index (χ1) is 13.7. The average molecular weight is 398 g/mol. The number of rotatable bonds is 5. The van der Waals surface area contributed by atoms with Crippen LogP contribution in [0.15, 0.2) is 53.5 Å². The average Bonchev–Trinajstić information content (AvgIpc) is 2.74. The van der Waals surface area contributed by atoms with Crippen LogP contribution in [0.25, 0.3) is 0 Å². The van der Waals surface area contributed by atoms with E-state index in [4.69, 9.17) is 9.73 Å². The minimum Gasteiger partial charge on any atom is -0.378 e. The van der Waals surface area contributed by atoms with Gasteiger partial charge in [0.25, 0.3) is 0 Å². The highest BCUT2D eigenvalue weighted by Crippen LogP contribution is 2.22. The first kappa shape index (κ1) is 20.4. The highest BCUT2D eigenvalue weighted by molar-refractivity contribution is 8.14. The second-order valence-corrected chi connectivity index (χ2v) is 7.57. The summed E-state index contributed by atoms with van der Waals surface area (Å²) in [6, 6.07) is 16.0. The van der Waals surface area contributed by atoms with Gasteiger partial charge in [-0.2, -0.15) is 0 Å². The maximum Gasteiger partial charge on any atom is 0.234 e. The van der Waals surface area contributed by atoms with Gasteiger partial charge in [0.1, 0.15) is 0 Å². The summed E-state index contributed by atoms with van der Waals surface area (Å²) in [4.78, 5) is 19.6. The monoisotopic (exact) mass is 397 g/mol. The molecular weight excluding hydrogens is 370 g/mol. The maximum absolute atomic E-state index is 12.6. The number of nitrogens with one attached hydrogen (secondary N) is 1. The van der Waals surface area contributed by atoms with Gasteiger partial charge in [-0.1, -0.05) is 55.1 Å². The van der Waals surface area contributed by atoms with E-state index in [0.717, 1.165) is 47.2 Å². The maximum atomic E-state index is 12.6. The molecule has 2 aromatic carbocycles. The van der Waals surface area contributed by atoms with E-state index >= 15 is 0 Å². The lowest BCUT2D eigenvalue weighted by Crippen LogP contribution is -2.39. The highest BCUT2D eigenvalue weighted by Gasteiger charge is 2.18. The smallest absolute Gasteiger partial charge is 0.234 e. The lowest BCUT2D eigenvalue weighted by atomic mass is 10.1. The molecule has 1 amide bonds. The van der Waals surface area contributed by atoms with E-state index < -0.39 is 0 Å². The predicted molar refractivity (Wildman–Crippen MR) is 118 cm³/mol. The van der Waals surface area contributed by atoms with Crippen LogP contribution in [-0.2, 0) is 16.0 Å². The van der Waals surface area contributed by atoms with Crippen molar-refractivity contribution in [3.8, 4) is 0 Å². The van der Waals surface area contributed by atoms with Crippen molar-refractivity contribution < 1.29 is 9.53 Å². The summed E-state index contributed by atoms with van der Waals surface area (Å²) >= 11 is 1.48. The molecule has 0 atom stereocenters. The predicted octanol–water partition coefficient (Wildman–Crippen LogP) is 4.25. The number of nitrogens with zero attached hydrogens (tertiary/aromatic N) is 2. The summed E-state index contributed by atoms with van der Waals surface area (Å²) in [7, 11) is 0. The van der Waals surface area contributed by atoms with Crippen LogP contribution in [0.1, 0.15) is 18.1 Å². The number of amides is 1. The van der Waals surface area contributed by atoms with Gasteiger partial charge in [0.05, 0.1) is 24.7 Å². The fraction of sp³-hybridized carbons (Fsp3) is 0.364. The quantitative estimate of drug-likeness (QED) is 0.605. The van der Waals surface area contributed by atoms with Crippen molar-refractivity contribution in [1.29, 1.82) is 0 Å². The van der Waals surface area contributed by atoms with Gasteiger partial charge in [-0.05, 0) is 36.6 Å². The van der Waals surface area contributed by atoms with Crippen LogP contribution in [0.5, 0.6) is 0 Å². The van der Waals surface area contributed by atoms with Gasteiger partial charge in [-0.3, -0.25) is 4.79 Å². The molecule has 28 heavy (non-hydrogen) atoms. The van der Waals surface area contributed by atoms with Gasteiger partial charge < -0.3 is 15.0 Å². The minimum absolute atomic E-state index is 0.0111. The Kier molecular flexibility index (Phi) is 7.51. The Morgan fingerprint density at radius 1 is 1.14 bits per heavy atom. The third-order valence-electron chi connectivity index (χ3n) is 4.60. The van der Waals surface area contributed by atoms with Crippen LogP contribution in [-0.4, -0.2) is 48.0 Å². The molecule has 0 saturated carbocycles. The number of carbonyl (C=O) groups is 1. The fourth-order valence-corrected chi connectivity index (χ4v) is 3.94. The van der Waals surface area contributed by atoms with Crippen LogP contribution >= 0.6 is 11.8 Å². The summed E-state index contributed by atoms with van der Waals surface area (Å²) in [5.41, 5.74) is 4.07. The van der Waals surface area contributed by atoms with Crippen molar-refractivity contribution in [2.24, 2.45) is 4.99 Å². The number of morpholine rings is 1. The topological polar surface area (TPSA) is 53.9 Å². The Balaban J connectivity index is 1.69. The van der Waals surface area contributed by atoms with E-state index in [1.54, 1.807) is 0 Å². The Labute approximate surface area is 171 Å². The van der Waals surface area contributed by atoms with Crippen LogP contribution in [0.4, 0.5) is 11.4 Å². The number of amidine groups is 1. The summed E-state index contributed by atoms with van der Waals surface area (Å²) in [6.45, 7) is 7.07. The van der Waals surface area contributed by atoms with E-state index in [-0.39, 0.29) is 5.91 Å². The lowest BCUT2D eigenvalue weighted by Gasteiger charge is -2.29. The third kappa shape index (κ3) is 5.59. The molecule has 1 fully saturated rings. The van der Waals surface area contributed by atoms with E-state index in [1.807, 2.05) is 49.4 Å². The summed E-state index contributed by atoms with van der Waals surface area (Å²) in [5, 5.41) is 3.96. The van der Waals surface area contributed by atoms with Gasteiger partial charge >= 0.3 is 0 Å². The highest BCUT2D eigenvalue weighted by atomic mass is 32.2. The van der Waals surface area contributed by atoms with Crippen molar-refractivity contribution in [1.82, 2.24) is 4.90 Å². The fourth-order valence-electron chi connectivity index (χ4n) is 3.07. The molecular formula is C22H27N3O2S. The van der Waals surface area contributed by atoms with E-state index in [9.17, 15) is 4.79 Å². The normalized spacial score (nSPS) is 14.8. The number of aliphatic imine (C=N–C) groups is 1. The molecule has 0 radical (unpaired) electrons. The molecule has 0 unspecified atom stereocenters. The molecule has 3 rings (SSSR count). The standard InChI is InChI=1S/C22H27N3O2S/c1-3-18-9-7-8-17(2)21(18)24-20(26)16-28-22(25-12-14-27-15-13-25)23-19-10-5-4-6-11-19/h4-11H,3,12-16H2,1-2H3,(H,24,26). The molecule has 1 N–H and O–H groups in total. The molecule has 5 nitrogen and oxygen atoms in total. The molecule has 2 aromatic rings. The minimum atomic E-state index is -0.0111. The molecule has 0 bridgehead atoms. The SMILES string of the molecule is CCc1cccc(C)c1NC(=O)CSC(=Nc1ccccc1)N1CCOCC1. The number of para-hydroxylation sites is 2. The largest absolute Gasteiger partial charge is 0.378 e. The van der Waals surface area contributed by atoms with Crippen LogP contribution in [0.3, 0.4) is 0 Å². The Bertz CT molecular complexity index is 818. The van der Waals surface area contributed by atoms with E-state index in [0.29, 0.717) is 19.0 Å². The number of ether oxygens (including phenoxy) is 1. The molecule has 1 heterocycles. The zero-order chi connectivity index (χ0) is 19.8. The number of hydrogen-bond acceptors (Lipinski definition) is 4. The molecule has 0 aliphatic carbocycles. The lowest BCUT2D eigenvalue weighted by molar-refractivity contribution is -0.113. The molecule has 0 aromatic heterocycles. The molecule has 1 saturated heterocycles. The van der Waals surface area contributed by atoms with Crippen molar-refractivity contribution >= 4 is 34.2 Å². The van der Waals surface area contributed by atoms with Crippen molar-refractivity contribution in [2.75, 3.05) is 37.4 Å².